The maximum absolute atomic E-state index is 6.24. The number of nitrogens with two attached hydrogens (primary N) is 1. The largest absolute Gasteiger partial charge is 0.396 e. The smallest absolute Gasteiger partial charge is 0.161 e. The summed E-state index contributed by atoms with van der Waals surface area (Å²) in [5.41, 5.74) is 11.0. The van der Waals surface area contributed by atoms with Crippen molar-refractivity contribution in [2.24, 2.45) is 0 Å². The second-order valence-corrected chi connectivity index (χ2v) is 7.01. The summed E-state index contributed by atoms with van der Waals surface area (Å²) in [5.74, 6) is 0. The van der Waals surface area contributed by atoms with Crippen molar-refractivity contribution in [2.45, 2.75) is 25.8 Å². The van der Waals surface area contributed by atoms with Crippen LogP contribution < -0.4 is 5.73 Å². The van der Waals surface area contributed by atoms with Crippen LogP contribution in [0.5, 0.6) is 0 Å². The molecule has 1 aliphatic rings. The highest BCUT2D eigenvalue weighted by molar-refractivity contribution is 6.32. The summed E-state index contributed by atoms with van der Waals surface area (Å²) in [6, 6.07) is 12.7. The summed E-state index contributed by atoms with van der Waals surface area (Å²) >= 11 is 6.22. The molecule has 0 bridgehead atoms. The Morgan fingerprint density at radius 1 is 1.08 bits per heavy atom. The zero-order valence-corrected chi connectivity index (χ0v) is 14.8. The average molecular weight is 353 g/mol. The van der Waals surface area contributed by atoms with Gasteiger partial charge < -0.3 is 5.73 Å². The molecule has 1 aromatic carbocycles. The van der Waals surface area contributed by atoms with E-state index in [4.69, 9.17) is 17.3 Å². The number of hydrogen-bond donors (Lipinski definition) is 1. The zero-order valence-electron chi connectivity index (χ0n) is 14.1. The number of fused-ring (bicyclic) bond motifs is 1. The highest BCUT2D eigenvalue weighted by Gasteiger charge is 2.14. The van der Waals surface area contributed by atoms with Gasteiger partial charge >= 0.3 is 0 Å². The van der Waals surface area contributed by atoms with Gasteiger partial charge in [0.05, 0.1) is 5.69 Å². The van der Waals surface area contributed by atoms with Gasteiger partial charge in [-0.25, -0.2) is 9.97 Å². The fourth-order valence-electron chi connectivity index (χ4n) is 3.58. The van der Waals surface area contributed by atoms with Crippen molar-refractivity contribution in [3.8, 4) is 0 Å². The molecule has 0 atom stereocenters. The van der Waals surface area contributed by atoms with Crippen LogP contribution in [0.2, 0.25) is 5.15 Å². The van der Waals surface area contributed by atoms with Gasteiger partial charge in [0.1, 0.15) is 0 Å². The molecule has 1 saturated heterocycles. The fourth-order valence-corrected chi connectivity index (χ4v) is 3.77. The van der Waals surface area contributed by atoms with Crippen molar-refractivity contribution in [1.82, 2.24) is 14.9 Å². The minimum atomic E-state index is 0.328. The van der Waals surface area contributed by atoms with E-state index >= 15 is 0 Å². The summed E-state index contributed by atoms with van der Waals surface area (Å²) in [7, 11) is 0. The van der Waals surface area contributed by atoms with Gasteiger partial charge in [0.2, 0.25) is 0 Å². The maximum atomic E-state index is 6.24. The third-order valence-electron chi connectivity index (χ3n) is 4.84. The monoisotopic (exact) mass is 352 g/mol. The SMILES string of the molecule is Nc1c(Cl)nc2ncccc2c1Cc1cccc(CN2CCCC2)c1. The van der Waals surface area contributed by atoms with E-state index in [1.165, 1.54) is 37.1 Å². The second kappa shape index (κ2) is 6.98. The van der Waals surface area contributed by atoms with E-state index in [2.05, 4.69) is 39.1 Å². The van der Waals surface area contributed by atoms with E-state index < -0.39 is 0 Å². The van der Waals surface area contributed by atoms with Crippen molar-refractivity contribution in [2.75, 3.05) is 18.8 Å². The third-order valence-corrected chi connectivity index (χ3v) is 5.13. The molecular weight excluding hydrogens is 332 g/mol. The summed E-state index contributed by atoms with van der Waals surface area (Å²) in [5, 5.41) is 1.30. The van der Waals surface area contributed by atoms with Crippen LogP contribution in [-0.2, 0) is 13.0 Å². The fraction of sp³-hybridized carbons (Fsp3) is 0.300. The quantitative estimate of drug-likeness (QED) is 0.719. The maximum Gasteiger partial charge on any atom is 0.161 e. The highest BCUT2D eigenvalue weighted by Crippen LogP contribution is 2.30. The molecule has 0 aliphatic carbocycles. The van der Waals surface area contributed by atoms with E-state index in [9.17, 15) is 0 Å². The van der Waals surface area contributed by atoms with E-state index in [1.807, 2.05) is 12.1 Å². The lowest BCUT2D eigenvalue weighted by Crippen LogP contribution is -2.18. The first kappa shape index (κ1) is 16.3. The second-order valence-electron chi connectivity index (χ2n) is 6.65. The van der Waals surface area contributed by atoms with Gasteiger partial charge in [0.25, 0.3) is 0 Å². The number of anilines is 1. The minimum absolute atomic E-state index is 0.328. The number of aromatic nitrogens is 2. The molecule has 2 N–H and O–H groups in total. The predicted molar refractivity (Wildman–Crippen MR) is 103 cm³/mol. The van der Waals surface area contributed by atoms with Gasteiger partial charge in [-0.15, -0.1) is 0 Å². The van der Waals surface area contributed by atoms with Crippen LogP contribution in [0.15, 0.2) is 42.6 Å². The Labute approximate surface area is 152 Å². The lowest BCUT2D eigenvalue weighted by Gasteiger charge is -2.16. The van der Waals surface area contributed by atoms with Gasteiger partial charge in [-0.1, -0.05) is 35.9 Å². The molecule has 3 heterocycles. The average Bonchev–Trinajstić information content (AvgIpc) is 3.12. The molecule has 0 unspecified atom stereocenters. The molecule has 0 spiro atoms. The van der Waals surface area contributed by atoms with Gasteiger partial charge in [0.15, 0.2) is 10.8 Å². The predicted octanol–water partition coefficient (Wildman–Crippen LogP) is 4.05. The van der Waals surface area contributed by atoms with E-state index in [0.717, 1.165) is 23.9 Å². The van der Waals surface area contributed by atoms with Crippen molar-refractivity contribution >= 4 is 28.3 Å². The Balaban J connectivity index is 1.66. The molecule has 1 fully saturated rings. The molecule has 4 nitrogen and oxygen atoms in total. The molecule has 2 aromatic heterocycles. The Kier molecular flexibility index (Phi) is 4.55. The molecule has 3 aromatic rings. The topological polar surface area (TPSA) is 55.0 Å². The first-order chi connectivity index (χ1) is 12.2. The van der Waals surface area contributed by atoms with Crippen LogP contribution in [0.25, 0.3) is 11.0 Å². The number of benzene rings is 1. The summed E-state index contributed by atoms with van der Waals surface area (Å²) in [6.07, 6.45) is 5.07. The van der Waals surface area contributed by atoms with Gasteiger partial charge in [-0.05, 0) is 54.8 Å². The van der Waals surface area contributed by atoms with Crippen molar-refractivity contribution < 1.29 is 0 Å². The lowest BCUT2D eigenvalue weighted by molar-refractivity contribution is 0.331. The van der Waals surface area contributed by atoms with Crippen LogP contribution in [0.1, 0.15) is 29.5 Å². The Morgan fingerprint density at radius 3 is 2.72 bits per heavy atom. The first-order valence-electron chi connectivity index (χ1n) is 8.69. The van der Waals surface area contributed by atoms with E-state index in [0.29, 0.717) is 16.5 Å². The van der Waals surface area contributed by atoms with Gasteiger partial charge in [0, 0.05) is 24.5 Å². The molecule has 25 heavy (non-hydrogen) atoms. The summed E-state index contributed by atoms with van der Waals surface area (Å²) in [4.78, 5) is 11.1. The number of hydrogen-bond acceptors (Lipinski definition) is 4. The van der Waals surface area contributed by atoms with Gasteiger partial charge in [-0.2, -0.15) is 0 Å². The van der Waals surface area contributed by atoms with E-state index in [-0.39, 0.29) is 0 Å². The molecule has 5 heteroatoms. The third kappa shape index (κ3) is 3.46. The number of halogens is 1. The number of nitrogens with zero attached hydrogens (tertiary/aromatic N) is 3. The van der Waals surface area contributed by atoms with Crippen LogP contribution in [-0.4, -0.2) is 28.0 Å². The highest BCUT2D eigenvalue weighted by atomic mass is 35.5. The number of likely N-dealkylation sites (tertiary alicyclic amines) is 1. The van der Waals surface area contributed by atoms with Crippen molar-refractivity contribution in [3.63, 3.8) is 0 Å². The number of pyridine rings is 2. The standard InChI is InChI=1S/C20H21ClN4/c21-19-18(22)17(16-7-4-8-23-20(16)24-19)12-14-5-3-6-15(11-14)13-25-9-1-2-10-25/h3-8,11H,1-2,9-10,12-13,22H2. The molecule has 0 saturated carbocycles. The van der Waals surface area contributed by atoms with Crippen molar-refractivity contribution in [1.29, 1.82) is 0 Å². The summed E-state index contributed by atoms with van der Waals surface area (Å²) in [6.45, 7) is 3.42. The lowest BCUT2D eigenvalue weighted by atomic mass is 9.99. The molecule has 1 aliphatic heterocycles. The van der Waals surface area contributed by atoms with Crippen LogP contribution in [0.3, 0.4) is 0 Å². The van der Waals surface area contributed by atoms with E-state index in [1.54, 1.807) is 6.20 Å². The molecule has 4 rings (SSSR count). The van der Waals surface area contributed by atoms with Crippen LogP contribution in [0, 0.1) is 0 Å². The Bertz CT molecular complexity index is 903. The Morgan fingerprint density at radius 2 is 1.88 bits per heavy atom. The zero-order chi connectivity index (χ0) is 17.2. The molecule has 128 valence electrons. The minimum Gasteiger partial charge on any atom is -0.396 e. The normalized spacial score (nSPS) is 15.1. The Hall–Kier alpha value is -2.17. The van der Waals surface area contributed by atoms with Gasteiger partial charge in [-0.3, -0.25) is 4.90 Å². The number of rotatable bonds is 4. The van der Waals surface area contributed by atoms with Crippen LogP contribution in [0.4, 0.5) is 5.69 Å². The van der Waals surface area contributed by atoms with Crippen LogP contribution >= 0.6 is 11.6 Å². The molecule has 0 amide bonds. The molecule has 0 radical (unpaired) electrons. The number of nitrogen functional groups attached to an aromatic ring is 1. The van der Waals surface area contributed by atoms with Crippen molar-refractivity contribution in [3.05, 3.63) is 64.4 Å². The first-order valence-corrected chi connectivity index (χ1v) is 9.07. The summed E-state index contributed by atoms with van der Waals surface area (Å²) < 4.78 is 0. The molecular formula is C20H21ClN4.